The number of benzene rings is 1. The molecule has 0 spiro atoms. The van der Waals surface area contributed by atoms with Crippen molar-refractivity contribution < 1.29 is 0 Å². The van der Waals surface area contributed by atoms with Crippen LogP contribution >= 0.6 is 15.9 Å². The summed E-state index contributed by atoms with van der Waals surface area (Å²) < 4.78 is 3.43. The van der Waals surface area contributed by atoms with Crippen LogP contribution in [0.3, 0.4) is 0 Å². The van der Waals surface area contributed by atoms with Gasteiger partial charge in [0.1, 0.15) is 0 Å². The highest BCUT2D eigenvalue weighted by Gasteiger charge is 2.02. The van der Waals surface area contributed by atoms with E-state index in [1.54, 1.807) is 12.1 Å². The summed E-state index contributed by atoms with van der Waals surface area (Å²) >= 11 is 3.32. The molecule has 0 saturated heterocycles. The molecule has 0 amide bonds. The van der Waals surface area contributed by atoms with E-state index in [-0.39, 0.29) is 11.2 Å². The molecule has 0 aliphatic rings. The zero-order valence-electron chi connectivity index (χ0n) is 8.55. The Morgan fingerprint density at radius 2 is 1.69 bits per heavy atom. The molecule has 1 aromatic carbocycles. The lowest BCUT2D eigenvalue weighted by Gasteiger charge is -2.06. The maximum Gasteiger partial charge on any atom is 0.335 e. The monoisotopic (exact) mass is 280 g/mol. The largest absolute Gasteiger partial charge is 0.335 e. The minimum absolute atomic E-state index is 0.307. The summed E-state index contributed by atoms with van der Waals surface area (Å²) in [5.74, 6) is 0. The molecule has 1 heterocycles. The maximum atomic E-state index is 11.8. The lowest BCUT2D eigenvalue weighted by Crippen LogP contribution is -2.36. The first-order valence-corrected chi connectivity index (χ1v) is 5.43. The summed E-state index contributed by atoms with van der Waals surface area (Å²) in [5.41, 5.74) is 0.0667. The van der Waals surface area contributed by atoms with Crippen LogP contribution in [0.2, 0.25) is 0 Å². The van der Waals surface area contributed by atoms with Crippen LogP contribution in [-0.4, -0.2) is 9.13 Å². The fourth-order valence-electron chi connectivity index (χ4n) is 1.37. The zero-order chi connectivity index (χ0) is 11.7. The predicted molar refractivity (Wildman–Crippen MR) is 65.0 cm³/mol. The summed E-state index contributed by atoms with van der Waals surface area (Å²) in [4.78, 5) is 23.0. The second-order valence-electron chi connectivity index (χ2n) is 3.34. The predicted octanol–water partition coefficient (Wildman–Crippen LogP) is 1.30. The van der Waals surface area contributed by atoms with Crippen molar-refractivity contribution in [3.05, 3.63) is 61.8 Å². The minimum Gasteiger partial charge on any atom is -0.269 e. The van der Waals surface area contributed by atoms with E-state index < -0.39 is 0 Å². The lowest BCUT2D eigenvalue weighted by atomic mass is 10.3. The van der Waals surface area contributed by atoms with Crippen LogP contribution in [0.1, 0.15) is 0 Å². The quantitative estimate of drug-likeness (QED) is 0.790. The van der Waals surface area contributed by atoms with Gasteiger partial charge in [-0.3, -0.25) is 13.9 Å². The van der Waals surface area contributed by atoms with E-state index >= 15 is 0 Å². The van der Waals surface area contributed by atoms with Crippen molar-refractivity contribution in [2.45, 2.75) is 0 Å². The Balaban J connectivity index is 2.66. The van der Waals surface area contributed by atoms with E-state index in [9.17, 15) is 9.59 Å². The van der Waals surface area contributed by atoms with Crippen molar-refractivity contribution in [3.63, 3.8) is 0 Å². The molecule has 2 rings (SSSR count). The van der Waals surface area contributed by atoms with Gasteiger partial charge in [-0.05, 0) is 24.3 Å². The molecule has 1 aromatic heterocycles. The van der Waals surface area contributed by atoms with Gasteiger partial charge in [0, 0.05) is 23.8 Å². The molecule has 4 nitrogen and oxygen atoms in total. The Morgan fingerprint density at radius 1 is 1.06 bits per heavy atom. The summed E-state index contributed by atoms with van der Waals surface area (Å²) in [6.45, 7) is 0. The normalized spacial score (nSPS) is 10.4. The van der Waals surface area contributed by atoms with Crippen LogP contribution in [0.15, 0.2) is 50.6 Å². The molecule has 0 aliphatic carbocycles. The highest BCUT2D eigenvalue weighted by atomic mass is 79.9. The van der Waals surface area contributed by atoms with Gasteiger partial charge < -0.3 is 0 Å². The molecule has 0 saturated carbocycles. The van der Waals surface area contributed by atoms with Gasteiger partial charge in [0.15, 0.2) is 0 Å². The van der Waals surface area contributed by atoms with Gasteiger partial charge in [-0.2, -0.15) is 0 Å². The van der Waals surface area contributed by atoms with Crippen molar-refractivity contribution in [1.82, 2.24) is 9.13 Å². The molecule has 0 unspecified atom stereocenters. The van der Waals surface area contributed by atoms with Crippen LogP contribution in [-0.2, 0) is 7.05 Å². The first kappa shape index (κ1) is 10.9. The molecule has 0 atom stereocenters. The molecule has 5 heteroatoms. The molecule has 0 N–H and O–H groups in total. The molecule has 16 heavy (non-hydrogen) atoms. The Hall–Kier alpha value is -1.62. The summed E-state index contributed by atoms with van der Waals surface area (Å²) in [6, 6.07) is 8.65. The van der Waals surface area contributed by atoms with E-state index in [1.807, 2.05) is 12.1 Å². The maximum absolute atomic E-state index is 11.8. The highest BCUT2D eigenvalue weighted by molar-refractivity contribution is 9.10. The van der Waals surface area contributed by atoms with Gasteiger partial charge in [-0.25, -0.2) is 4.79 Å². The van der Waals surface area contributed by atoms with Crippen molar-refractivity contribution in [2.24, 2.45) is 7.05 Å². The van der Waals surface area contributed by atoms with E-state index in [0.717, 1.165) is 14.7 Å². The third kappa shape index (κ3) is 1.86. The smallest absolute Gasteiger partial charge is 0.269 e. The number of halogens is 1. The van der Waals surface area contributed by atoms with Crippen molar-refractivity contribution in [1.29, 1.82) is 0 Å². The van der Waals surface area contributed by atoms with Gasteiger partial charge in [-0.15, -0.1) is 0 Å². The SMILES string of the molecule is Cn1c(=O)ccn(-c2ccc(Br)cc2)c1=O. The number of hydrogen-bond donors (Lipinski definition) is 0. The molecule has 82 valence electrons. The lowest BCUT2D eigenvalue weighted by molar-refractivity contribution is 0.728. The zero-order valence-corrected chi connectivity index (χ0v) is 10.1. The number of aromatic nitrogens is 2. The first-order chi connectivity index (χ1) is 7.59. The second-order valence-corrected chi connectivity index (χ2v) is 4.26. The van der Waals surface area contributed by atoms with Gasteiger partial charge in [0.25, 0.3) is 5.56 Å². The minimum atomic E-state index is -0.352. The molecule has 0 aliphatic heterocycles. The Kier molecular flexibility index (Phi) is 2.78. The number of rotatable bonds is 1. The molecule has 0 fully saturated rings. The van der Waals surface area contributed by atoms with Gasteiger partial charge in [0.2, 0.25) is 0 Å². The standard InChI is InChI=1S/C11H9BrN2O2/c1-13-10(15)6-7-14(11(13)16)9-4-2-8(12)3-5-9/h2-7H,1H3. The van der Waals surface area contributed by atoms with Gasteiger partial charge >= 0.3 is 5.69 Å². The van der Waals surface area contributed by atoms with Crippen LogP contribution < -0.4 is 11.2 Å². The topological polar surface area (TPSA) is 44.0 Å². The van der Waals surface area contributed by atoms with E-state index in [2.05, 4.69) is 15.9 Å². The molecule has 0 radical (unpaired) electrons. The van der Waals surface area contributed by atoms with Crippen molar-refractivity contribution >= 4 is 15.9 Å². The van der Waals surface area contributed by atoms with Crippen molar-refractivity contribution in [3.8, 4) is 5.69 Å². The summed E-state index contributed by atoms with van der Waals surface area (Å²) in [7, 11) is 1.46. The third-order valence-corrected chi connectivity index (χ3v) is 2.82. The van der Waals surface area contributed by atoms with Gasteiger partial charge in [-0.1, -0.05) is 15.9 Å². The van der Waals surface area contributed by atoms with Crippen LogP contribution in [0.25, 0.3) is 5.69 Å². The number of nitrogens with zero attached hydrogens (tertiary/aromatic N) is 2. The average molecular weight is 281 g/mol. The Morgan fingerprint density at radius 3 is 2.31 bits per heavy atom. The first-order valence-electron chi connectivity index (χ1n) is 4.64. The van der Waals surface area contributed by atoms with Crippen LogP contribution in [0.5, 0.6) is 0 Å². The average Bonchev–Trinajstić information content (AvgIpc) is 2.28. The summed E-state index contributed by atoms with van der Waals surface area (Å²) in [6.07, 6.45) is 1.48. The van der Waals surface area contributed by atoms with Crippen LogP contribution in [0, 0.1) is 0 Å². The summed E-state index contributed by atoms with van der Waals surface area (Å²) in [5, 5.41) is 0. The van der Waals surface area contributed by atoms with E-state index in [4.69, 9.17) is 0 Å². The Bertz CT molecular complexity index is 626. The van der Waals surface area contributed by atoms with Crippen LogP contribution in [0.4, 0.5) is 0 Å². The molecule has 0 bridgehead atoms. The van der Waals surface area contributed by atoms with E-state index in [1.165, 1.54) is 23.9 Å². The highest BCUT2D eigenvalue weighted by Crippen LogP contribution is 2.12. The fourth-order valence-corrected chi connectivity index (χ4v) is 1.63. The van der Waals surface area contributed by atoms with Gasteiger partial charge in [0.05, 0.1) is 5.69 Å². The second kappa shape index (κ2) is 4.09. The molecular weight excluding hydrogens is 272 g/mol. The Labute approximate surface area is 99.9 Å². The molecule has 2 aromatic rings. The number of hydrogen-bond acceptors (Lipinski definition) is 2. The fraction of sp³-hybridized carbons (Fsp3) is 0.0909. The molecular formula is C11H9BrN2O2. The third-order valence-electron chi connectivity index (χ3n) is 2.29. The van der Waals surface area contributed by atoms with Crippen molar-refractivity contribution in [2.75, 3.05) is 0 Å². The van der Waals surface area contributed by atoms with E-state index in [0.29, 0.717) is 0 Å².